The van der Waals surface area contributed by atoms with E-state index in [0.29, 0.717) is 22.8 Å². The normalized spacial score (nSPS) is 10.9. The molecule has 1 N–H and O–H groups in total. The summed E-state index contributed by atoms with van der Waals surface area (Å²) < 4.78 is 0. The standard InChI is InChI=1S/C20H22N4O2S/c1-11-16-12(2)22-13(3)23-19(16)27-17(11)18(25)21-10-14-7-6-8-15(9-14)20(26)24(4)5/h6-9H,10H2,1-5H3,(H,21,25). The molecule has 2 heterocycles. The van der Waals surface area contributed by atoms with Gasteiger partial charge in [0.15, 0.2) is 0 Å². The van der Waals surface area contributed by atoms with Crippen molar-refractivity contribution in [3.05, 3.63) is 57.4 Å². The number of carbonyl (C=O) groups excluding carboxylic acids is 2. The Labute approximate surface area is 162 Å². The van der Waals surface area contributed by atoms with Crippen molar-refractivity contribution in [2.24, 2.45) is 0 Å². The Kier molecular flexibility index (Phi) is 5.23. The molecule has 0 spiro atoms. The number of rotatable bonds is 4. The summed E-state index contributed by atoms with van der Waals surface area (Å²) >= 11 is 1.38. The van der Waals surface area contributed by atoms with Crippen LogP contribution in [0.15, 0.2) is 24.3 Å². The molecule has 3 rings (SSSR count). The minimum atomic E-state index is -0.142. The number of carbonyl (C=O) groups is 2. The average molecular weight is 382 g/mol. The Morgan fingerprint density at radius 1 is 1.15 bits per heavy atom. The molecule has 0 aliphatic carbocycles. The van der Waals surface area contributed by atoms with Crippen LogP contribution in [0.25, 0.3) is 10.2 Å². The predicted octanol–water partition coefficient (Wildman–Crippen LogP) is 3.25. The lowest BCUT2D eigenvalue weighted by Crippen LogP contribution is -2.24. The van der Waals surface area contributed by atoms with E-state index in [2.05, 4.69) is 15.3 Å². The highest BCUT2D eigenvalue weighted by Gasteiger charge is 2.18. The zero-order valence-electron chi connectivity index (χ0n) is 16.1. The van der Waals surface area contributed by atoms with E-state index in [9.17, 15) is 9.59 Å². The molecule has 0 saturated carbocycles. The number of aryl methyl sites for hydroxylation is 3. The fourth-order valence-electron chi connectivity index (χ4n) is 3.03. The van der Waals surface area contributed by atoms with Crippen LogP contribution in [-0.2, 0) is 6.54 Å². The largest absolute Gasteiger partial charge is 0.347 e. The summed E-state index contributed by atoms with van der Waals surface area (Å²) in [5.41, 5.74) is 3.27. The number of hydrogen-bond acceptors (Lipinski definition) is 5. The Morgan fingerprint density at radius 2 is 1.89 bits per heavy atom. The van der Waals surface area contributed by atoms with Gasteiger partial charge in [-0.2, -0.15) is 0 Å². The smallest absolute Gasteiger partial charge is 0.261 e. The summed E-state index contributed by atoms with van der Waals surface area (Å²) in [5.74, 6) is 0.500. The number of nitrogens with zero attached hydrogens (tertiary/aromatic N) is 3. The van der Waals surface area contributed by atoms with Crippen molar-refractivity contribution < 1.29 is 9.59 Å². The van der Waals surface area contributed by atoms with Crippen LogP contribution in [0.3, 0.4) is 0 Å². The van der Waals surface area contributed by atoms with Gasteiger partial charge in [-0.25, -0.2) is 9.97 Å². The van der Waals surface area contributed by atoms with Crippen molar-refractivity contribution in [2.75, 3.05) is 14.1 Å². The first-order valence-electron chi connectivity index (χ1n) is 8.61. The summed E-state index contributed by atoms with van der Waals surface area (Å²) in [6.45, 7) is 6.06. The molecular formula is C20H22N4O2S. The quantitative estimate of drug-likeness (QED) is 0.752. The molecule has 0 aliphatic heterocycles. The van der Waals surface area contributed by atoms with Gasteiger partial charge in [-0.1, -0.05) is 12.1 Å². The lowest BCUT2D eigenvalue weighted by molar-refractivity contribution is 0.0827. The predicted molar refractivity (Wildman–Crippen MR) is 107 cm³/mol. The van der Waals surface area contributed by atoms with Gasteiger partial charge in [-0.15, -0.1) is 11.3 Å². The van der Waals surface area contributed by atoms with E-state index in [1.807, 2.05) is 32.9 Å². The number of aromatic nitrogens is 2. The summed E-state index contributed by atoms with van der Waals surface area (Å²) in [5, 5.41) is 3.90. The third-order valence-electron chi connectivity index (χ3n) is 4.32. The molecule has 0 radical (unpaired) electrons. The lowest BCUT2D eigenvalue weighted by atomic mass is 10.1. The summed E-state index contributed by atoms with van der Waals surface area (Å²) in [6, 6.07) is 7.29. The van der Waals surface area contributed by atoms with Crippen molar-refractivity contribution in [2.45, 2.75) is 27.3 Å². The first-order valence-corrected chi connectivity index (χ1v) is 9.42. The number of nitrogens with one attached hydrogen (secondary N) is 1. The second-order valence-electron chi connectivity index (χ2n) is 6.68. The molecule has 1 aromatic carbocycles. The SMILES string of the molecule is Cc1nc(C)c2c(C)c(C(=O)NCc3cccc(C(=O)N(C)C)c3)sc2n1. The molecule has 2 aromatic heterocycles. The molecule has 0 fully saturated rings. The van der Waals surface area contributed by atoms with Crippen molar-refractivity contribution in [3.63, 3.8) is 0 Å². The molecule has 0 saturated heterocycles. The van der Waals surface area contributed by atoms with Crippen LogP contribution < -0.4 is 5.32 Å². The van der Waals surface area contributed by atoms with Gasteiger partial charge in [0.2, 0.25) is 0 Å². The highest BCUT2D eigenvalue weighted by molar-refractivity contribution is 7.20. The Bertz CT molecular complexity index is 1040. The number of thiophene rings is 1. The maximum atomic E-state index is 12.7. The Hall–Kier alpha value is -2.80. The maximum absolute atomic E-state index is 12.7. The van der Waals surface area contributed by atoms with E-state index in [-0.39, 0.29) is 11.8 Å². The van der Waals surface area contributed by atoms with Gasteiger partial charge in [0, 0.05) is 37.3 Å². The van der Waals surface area contributed by atoms with Gasteiger partial charge in [0.05, 0.1) is 4.88 Å². The van der Waals surface area contributed by atoms with Crippen LogP contribution in [0.1, 0.15) is 42.7 Å². The fraction of sp³-hybridized carbons (Fsp3) is 0.300. The highest BCUT2D eigenvalue weighted by Crippen LogP contribution is 2.31. The van der Waals surface area contributed by atoms with Crippen LogP contribution in [0.4, 0.5) is 0 Å². The summed E-state index contributed by atoms with van der Waals surface area (Å²) in [6.07, 6.45) is 0. The number of hydrogen-bond donors (Lipinski definition) is 1. The van der Waals surface area contributed by atoms with E-state index in [0.717, 1.165) is 27.0 Å². The maximum Gasteiger partial charge on any atom is 0.261 e. The molecule has 0 atom stereocenters. The average Bonchev–Trinajstić information content (AvgIpc) is 2.95. The zero-order valence-corrected chi connectivity index (χ0v) is 16.9. The van der Waals surface area contributed by atoms with E-state index in [1.54, 1.807) is 26.2 Å². The molecule has 0 bridgehead atoms. The number of fused-ring (bicyclic) bond motifs is 1. The Balaban J connectivity index is 1.80. The van der Waals surface area contributed by atoms with Gasteiger partial charge in [0.1, 0.15) is 10.7 Å². The topological polar surface area (TPSA) is 75.2 Å². The van der Waals surface area contributed by atoms with Gasteiger partial charge in [0.25, 0.3) is 11.8 Å². The highest BCUT2D eigenvalue weighted by atomic mass is 32.1. The molecule has 0 aliphatic rings. The van der Waals surface area contributed by atoms with E-state index in [1.165, 1.54) is 16.2 Å². The first-order chi connectivity index (χ1) is 12.8. The molecule has 2 amide bonds. The molecular weight excluding hydrogens is 360 g/mol. The van der Waals surface area contributed by atoms with E-state index >= 15 is 0 Å². The molecule has 0 unspecified atom stereocenters. The Morgan fingerprint density at radius 3 is 2.59 bits per heavy atom. The van der Waals surface area contributed by atoms with Crippen molar-refractivity contribution >= 4 is 33.4 Å². The first kappa shape index (κ1) is 19.0. The van der Waals surface area contributed by atoms with Crippen molar-refractivity contribution in [1.29, 1.82) is 0 Å². The molecule has 6 nitrogen and oxygen atoms in total. The molecule has 7 heteroatoms. The summed E-state index contributed by atoms with van der Waals surface area (Å²) in [4.78, 5) is 36.7. The van der Waals surface area contributed by atoms with Gasteiger partial charge in [-0.3, -0.25) is 9.59 Å². The fourth-order valence-corrected chi connectivity index (χ4v) is 4.22. The lowest BCUT2D eigenvalue weighted by Gasteiger charge is -2.11. The van der Waals surface area contributed by atoms with E-state index in [4.69, 9.17) is 0 Å². The van der Waals surface area contributed by atoms with Crippen molar-refractivity contribution in [3.8, 4) is 0 Å². The monoisotopic (exact) mass is 382 g/mol. The van der Waals surface area contributed by atoms with Crippen LogP contribution in [0.2, 0.25) is 0 Å². The molecule has 140 valence electrons. The third-order valence-corrected chi connectivity index (χ3v) is 5.51. The minimum Gasteiger partial charge on any atom is -0.347 e. The third kappa shape index (κ3) is 3.83. The van der Waals surface area contributed by atoms with Gasteiger partial charge >= 0.3 is 0 Å². The zero-order chi connectivity index (χ0) is 19.7. The van der Waals surface area contributed by atoms with Gasteiger partial charge < -0.3 is 10.2 Å². The summed E-state index contributed by atoms with van der Waals surface area (Å²) in [7, 11) is 3.43. The number of amides is 2. The van der Waals surface area contributed by atoms with Gasteiger partial charge in [-0.05, 0) is 44.0 Å². The molecule has 27 heavy (non-hydrogen) atoms. The molecule has 3 aromatic rings. The number of benzene rings is 1. The van der Waals surface area contributed by atoms with Crippen LogP contribution in [-0.4, -0.2) is 40.8 Å². The minimum absolute atomic E-state index is 0.0621. The van der Waals surface area contributed by atoms with Crippen LogP contribution in [0.5, 0.6) is 0 Å². The second-order valence-corrected chi connectivity index (χ2v) is 7.67. The van der Waals surface area contributed by atoms with E-state index < -0.39 is 0 Å². The van der Waals surface area contributed by atoms with Crippen LogP contribution >= 0.6 is 11.3 Å². The van der Waals surface area contributed by atoms with Crippen molar-refractivity contribution in [1.82, 2.24) is 20.2 Å². The second kappa shape index (κ2) is 7.44. The van der Waals surface area contributed by atoms with Crippen LogP contribution in [0, 0.1) is 20.8 Å².